The molecule has 0 radical (unpaired) electrons. The second-order valence-corrected chi connectivity index (χ2v) is 6.47. The quantitative estimate of drug-likeness (QED) is 0.497. The van der Waals surface area contributed by atoms with Gasteiger partial charge in [-0.15, -0.1) is 0 Å². The molecular formula is C22H16N4O3. The van der Waals surface area contributed by atoms with Gasteiger partial charge in [-0.3, -0.25) is 9.20 Å². The van der Waals surface area contributed by atoms with Crippen LogP contribution in [-0.4, -0.2) is 27.4 Å². The number of amides is 1. The molecule has 0 unspecified atom stereocenters. The maximum atomic E-state index is 12.8. The molecule has 0 aliphatic rings. The fourth-order valence-corrected chi connectivity index (χ4v) is 3.21. The van der Waals surface area contributed by atoms with Crippen LogP contribution >= 0.6 is 0 Å². The topological polar surface area (TPSA) is 81.7 Å². The van der Waals surface area contributed by atoms with Crippen molar-refractivity contribution in [2.75, 3.05) is 12.4 Å². The van der Waals surface area contributed by atoms with E-state index in [-0.39, 0.29) is 11.7 Å². The molecule has 0 spiro atoms. The molecule has 3 aromatic heterocycles. The van der Waals surface area contributed by atoms with Gasteiger partial charge in [-0.05, 0) is 36.4 Å². The van der Waals surface area contributed by atoms with Gasteiger partial charge in [0.15, 0.2) is 5.76 Å². The molecule has 0 saturated heterocycles. The number of anilines is 1. The summed E-state index contributed by atoms with van der Waals surface area (Å²) in [6.45, 7) is 0. The Morgan fingerprint density at radius 2 is 2.03 bits per heavy atom. The van der Waals surface area contributed by atoms with E-state index in [1.54, 1.807) is 25.4 Å². The van der Waals surface area contributed by atoms with Crippen LogP contribution in [0.15, 0.2) is 77.6 Å². The highest BCUT2D eigenvalue weighted by Gasteiger charge is 2.16. The minimum atomic E-state index is -0.353. The highest BCUT2D eigenvalue weighted by molar-refractivity contribution is 6.05. The van der Waals surface area contributed by atoms with E-state index in [2.05, 4.69) is 15.3 Å². The number of nitrogens with one attached hydrogen (secondary N) is 1. The second kappa shape index (κ2) is 6.79. The van der Waals surface area contributed by atoms with Crippen LogP contribution < -0.4 is 10.1 Å². The monoisotopic (exact) mass is 384 g/mol. The molecule has 142 valence electrons. The molecule has 1 amide bonds. The van der Waals surface area contributed by atoms with Gasteiger partial charge < -0.3 is 14.5 Å². The largest absolute Gasteiger partial charge is 0.495 e. The number of aromatic nitrogens is 3. The summed E-state index contributed by atoms with van der Waals surface area (Å²) in [6, 6.07) is 16.5. The van der Waals surface area contributed by atoms with Gasteiger partial charge in [0.2, 0.25) is 5.78 Å². The third-order valence-electron chi connectivity index (χ3n) is 4.63. The summed E-state index contributed by atoms with van der Waals surface area (Å²) in [5.41, 5.74) is 2.76. The lowest BCUT2D eigenvalue weighted by Crippen LogP contribution is -2.11. The summed E-state index contributed by atoms with van der Waals surface area (Å²) in [4.78, 5) is 21.5. The summed E-state index contributed by atoms with van der Waals surface area (Å²) in [5.74, 6) is 1.02. The first-order chi connectivity index (χ1) is 14.2. The molecule has 0 aliphatic carbocycles. The normalized spacial score (nSPS) is 11.1. The highest BCUT2D eigenvalue weighted by atomic mass is 16.5. The highest BCUT2D eigenvalue weighted by Crippen LogP contribution is 2.31. The van der Waals surface area contributed by atoms with E-state index < -0.39 is 0 Å². The molecule has 1 N–H and O–H groups in total. The van der Waals surface area contributed by atoms with E-state index in [9.17, 15) is 4.79 Å². The van der Waals surface area contributed by atoms with E-state index in [4.69, 9.17) is 9.15 Å². The molecular weight excluding hydrogens is 368 g/mol. The van der Waals surface area contributed by atoms with Crippen LogP contribution in [0.3, 0.4) is 0 Å². The number of fused-ring (bicyclic) bond motifs is 2. The van der Waals surface area contributed by atoms with Gasteiger partial charge in [-0.25, -0.2) is 9.97 Å². The minimum absolute atomic E-state index is 0.232. The standard InChI is InChI=1S/C22H16N4O3/c1-28-19-8-7-14(17-13-26-10-4-9-23-22(26)25-17)11-16(19)24-21(27)20-12-15-5-2-3-6-18(15)29-20/h2-13H,1H3,(H,24,27). The number of benzene rings is 2. The lowest BCUT2D eigenvalue weighted by atomic mass is 10.1. The number of ether oxygens (including phenoxy) is 1. The van der Waals surface area contributed by atoms with Gasteiger partial charge in [-0.1, -0.05) is 18.2 Å². The van der Waals surface area contributed by atoms with Crippen molar-refractivity contribution in [1.82, 2.24) is 14.4 Å². The van der Waals surface area contributed by atoms with E-state index >= 15 is 0 Å². The lowest BCUT2D eigenvalue weighted by Gasteiger charge is -2.10. The number of para-hydroxylation sites is 1. The number of carbonyl (C=O) groups is 1. The van der Waals surface area contributed by atoms with Crippen LogP contribution in [0.1, 0.15) is 10.6 Å². The third-order valence-corrected chi connectivity index (χ3v) is 4.63. The van der Waals surface area contributed by atoms with Crippen LogP contribution in [0.4, 0.5) is 5.69 Å². The van der Waals surface area contributed by atoms with Gasteiger partial charge in [0.05, 0.1) is 18.5 Å². The Labute approximate surface area is 165 Å². The van der Waals surface area contributed by atoms with Crippen LogP contribution in [0.5, 0.6) is 5.75 Å². The smallest absolute Gasteiger partial charge is 0.291 e. The minimum Gasteiger partial charge on any atom is -0.495 e. The van der Waals surface area contributed by atoms with Crippen LogP contribution in [0, 0.1) is 0 Å². The summed E-state index contributed by atoms with van der Waals surface area (Å²) in [7, 11) is 1.56. The van der Waals surface area contributed by atoms with Crippen molar-refractivity contribution in [3.63, 3.8) is 0 Å². The zero-order chi connectivity index (χ0) is 19.8. The number of hydrogen-bond donors (Lipinski definition) is 1. The van der Waals surface area contributed by atoms with Gasteiger partial charge in [0.1, 0.15) is 11.3 Å². The molecule has 0 aliphatic heterocycles. The van der Waals surface area contributed by atoms with Gasteiger partial charge in [-0.2, -0.15) is 0 Å². The first kappa shape index (κ1) is 17.0. The van der Waals surface area contributed by atoms with Gasteiger partial charge in [0, 0.05) is 29.5 Å². The lowest BCUT2D eigenvalue weighted by molar-refractivity contribution is 0.0998. The molecule has 0 saturated carbocycles. The fraction of sp³-hybridized carbons (Fsp3) is 0.0455. The van der Waals surface area contributed by atoms with Crippen molar-refractivity contribution in [2.45, 2.75) is 0 Å². The van der Waals surface area contributed by atoms with Gasteiger partial charge >= 0.3 is 0 Å². The number of rotatable bonds is 4. The summed E-state index contributed by atoms with van der Waals surface area (Å²) < 4.78 is 12.9. The van der Waals surface area contributed by atoms with Crippen molar-refractivity contribution in [2.24, 2.45) is 0 Å². The van der Waals surface area contributed by atoms with E-state index in [1.165, 1.54) is 0 Å². The fourth-order valence-electron chi connectivity index (χ4n) is 3.21. The molecule has 5 aromatic rings. The van der Waals surface area contributed by atoms with Crippen molar-refractivity contribution >= 4 is 28.3 Å². The molecule has 7 heteroatoms. The maximum absolute atomic E-state index is 12.8. The Morgan fingerprint density at radius 1 is 1.14 bits per heavy atom. The molecule has 5 rings (SSSR count). The predicted octanol–water partition coefficient (Wildman–Crippen LogP) is 4.40. The first-order valence-electron chi connectivity index (χ1n) is 8.99. The SMILES string of the molecule is COc1ccc(-c2cn3cccnc3n2)cc1NC(=O)c1cc2ccccc2o1. The number of carbonyl (C=O) groups excluding carboxylic acids is 1. The third kappa shape index (κ3) is 3.08. The van der Waals surface area contributed by atoms with E-state index in [1.807, 2.05) is 59.3 Å². The van der Waals surface area contributed by atoms with Crippen molar-refractivity contribution in [3.05, 3.63) is 78.9 Å². The van der Waals surface area contributed by atoms with Crippen LogP contribution in [-0.2, 0) is 0 Å². The summed E-state index contributed by atoms with van der Waals surface area (Å²) in [5, 5.41) is 3.75. The molecule has 2 aromatic carbocycles. The first-order valence-corrected chi connectivity index (χ1v) is 8.99. The molecule has 3 heterocycles. The Hall–Kier alpha value is -4.13. The second-order valence-electron chi connectivity index (χ2n) is 6.47. The predicted molar refractivity (Wildman–Crippen MR) is 109 cm³/mol. The average Bonchev–Trinajstić information content (AvgIpc) is 3.38. The Balaban J connectivity index is 1.49. The Kier molecular flexibility index (Phi) is 3.98. The molecule has 0 atom stereocenters. The van der Waals surface area contributed by atoms with E-state index in [0.29, 0.717) is 22.8 Å². The zero-order valence-corrected chi connectivity index (χ0v) is 15.5. The number of nitrogens with zero attached hydrogens (tertiary/aromatic N) is 3. The maximum Gasteiger partial charge on any atom is 0.291 e. The van der Waals surface area contributed by atoms with Crippen molar-refractivity contribution in [3.8, 4) is 17.0 Å². The molecule has 0 fully saturated rings. The number of imidazole rings is 1. The molecule has 29 heavy (non-hydrogen) atoms. The van der Waals surface area contributed by atoms with Gasteiger partial charge in [0.25, 0.3) is 5.91 Å². The summed E-state index contributed by atoms with van der Waals surface area (Å²) in [6.07, 6.45) is 5.46. The number of methoxy groups -OCH3 is 1. The average molecular weight is 384 g/mol. The molecule has 0 bridgehead atoms. The Bertz CT molecular complexity index is 1290. The number of furan rings is 1. The summed E-state index contributed by atoms with van der Waals surface area (Å²) >= 11 is 0. The Morgan fingerprint density at radius 3 is 2.86 bits per heavy atom. The zero-order valence-electron chi connectivity index (χ0n) is 15.5. The van der Waals surface area contributed by atoms with Crippen molar-refractivity contribution < 1.29 is 13.9 Å². The van der Waals surface area contributed by atoms with Crippen molar-refractivity contribution in [1.29, 1.82) is 0 Å². The van der Waals surface area contributed by atoms with Crippen LogP contribution in [0.2, 0.25) is 0 Å². The number of hydrogen-bond acceptors (Lipinski definition) is 5. The van der Waals surface area contributed by atoms with E-state index in [0.717, 1.165) is 16.6 Å². The van der Waals surface area contributed by atoms with Crippen LogP contribution in [0.25, 0.3) is 28.0 Å². The molecule has 7 nitrogen and oxygen atoms in total.